The molecule has 1 aliphatic rings. The van der Waals surface area contributed by atoms with Crippen molar-refractivity contribution in [2.75, 3.05) is 40.2 Å². The Kier molecular flexibility index (Phi) is 9.43. The fourth-order valence-corrected chi connectivity index (χ4v) is 2.96. The molecule has 28 heavy (non-hydrogen) atoms. The molecule has 2 aromatic rings. The molecule has 0 saturated heterocycles. The van der Waals surface area contributed by atoms with Crippen molar-refractivity contribution in [1.82, 2.24) is 0 Å². The van der Waals surface area contributed by atoms with Gasteiger partial charge in [0.2, 0.25) is 0 Å². The summed E-state index contributed by atoms with van der Waals surface area (Å²) in [6.45, 7) is 0. The topological polar surface area (TPSA) is 26.5 Å². The van der Waals surface area contributed by atoms with E-state index in [0.717, 1.165) is 7.11 Å². The predicted molar refractivity (Wildman–Crippen MR) is 117 cm³/mol. The molecule has 0 aliphatic heterocycles. The summed E-state index contributed by atoms with van der Waals surface area (Å²) in [4.78, 5) is 2.12. The highest BCUT2D eigenvalue weighted by molar-refractivity contribution is 6.03. The van der Waals surface area contributed by atoms with Crippen LogP contribution in [0.4, 0.5) is 5.69 Å². The van der Waals surface area contributed by atoms with Crippen LogP contribution in [0.2, 0.25) is 0 Å². The van der Waals surface area contributed by atoms with Crippen molar-refractivity contribution in [3.63, 3.8) is 0 Å². The summed E-state index contributed by atoms with van der Waals surface area (Å²) in [6, 6.07) is 19.4. The van der Waals surface area contributed by atoms with Crippen LogP contribution in [0.3, 0.4) is 0 Å². The van der Waals surface area contributed by atoms with Crippen LogP contribution in [0.5, 0.6) is 0 Å². The normalized spacial score (nSPS) is 11.9. The van der Waals surface area contributed by atoms with Gasteiger partial charge in [-0.05, 0) is 46.6 Å². The first-order valence-electron chi connectivity index (χ1n) is 8.99. The minimum Gasteiger partial charge on any atom is -1.00 e. The Morgan fingerprint density at radius 1 is 0.750 bits per heavy atom. The maximum absolute atomic E-state index is 7.00. The van der Waals surface area contributed by atoms with Crippen molar-refractivity contribution in [1.29, 1.82) is 0 Å². The highest BCUT2D eigenvalue weighted by atomic mass is 35.5. The molecule has 1 N–H and O–H groups in total. The quantitative estimate of drug-likeness (QED) is 0.784. The fraction of sp³-hybridized carbons (Fsp3) is 0.208. The average Bonchev–Trinajstić information content (AvgIpc) is 2.71. The largest absolute Gasteiger partial charge is 1.00 e. The number of nitrogens with zero attached hydrogens (tertiary/aromatic N) is 2. The van der Waals surface area contributed by atoms with Gasteiger partial charge in [0.15, 0.2) is 5.71 Å². The van der Waals surface area contributed by atoms with Gasteiger partial charge >= 0.3 is 0 Å². The molecule has 0 amide bonds. The molecule has 0 bridgehead atoms. The number of benzene rings is 2. The Morgan fingerprint density at radius 2 is 1.25 bits per heavy atom. The lowest BCUT2D eigenvalue weighted by Gasteiger charge is -2.16. The van der Waals surface area contributed by atoms with Crippen LogP contribution in [0.15, 0.2) is 84.5 Å². The van der Waals surface area contributed by atoms with Gasteiger partial charge in [-0.15, -0.1) is 0 Å². The van der Waals surface area contributed by atoms with E-state index in [1.165, 1.54) is 33.7 Å². The van der Waals surface area contributed by atoms with E-state index in [2.05, 4.69) is 117 Å². The summed E-state index contributed by atoms with van der Waals surface area (Å²) in [7, 11) is 9.27. The number of hydrogen-bond acceptors (Lipinski definition) is 2. The first-order chi connectivity index (χ1) is 13.1. The Labute approximate surface area is 175 Å². The second-order valence-electron chi connectivity index (χ2n) is 6.62. The minimum atomic E-state index is 0. The highest BCUT2D eigenvalue weighted by Crippen LogP contribution is 2.30. The van der Waals surface area contributed by atoms with Gasteiger partial charge in [0.1, 0.15) is 14.1 Å². The van der Waals surface area contributed by atoms with Crippen LogP contribution in [-0.2, 0) is 0 Å². The van der Waals surface area contributed by atoms with Crippen LogP contribution in [-0.4, -0.2) is 50.7 Å². The summed E-state index contributed by atoms with van der Waals surface area (Å²) >= 11 is 0. The van der Waals surface area contributed by atoms with Gasteiger partial charge in [-0.2, -0.15) is 0 Å². The maximum Gasteiger partial charge on any atom is 0.199 e. The zero-order valence-electron chi connectivity index (χ0n) is 17.2. The molecule has 0 radical (unpaired) electrons. The molecule has 4 heteroatoms. The lowest BCUT2D eigenvalue weighted by atomic mass is 9.90. The smallest absolute Gasteiger partial charge is 0.199 e. The summed E-state index contributed by atoms with van der Waals surface area (Å²) in [5.41, 5.74) is 7.37. The van der Waals surface area contributed by atoms with E-state index in [4.69, 9.17) is 5.11 Å². The van der Waals surface area contributed by atoms with Crippen molar-refractivity contribution >= 4 is 17.0 Å². The van der Waals surface area contributed by atoms with Crippen LogP contribution >= 0.6 is 0 Å². The van der Waals surface area contributed by atoms with Gasteiger partial charge in [-0.3, -0.25) is 0 Å². The molecule has 0 atom stereocenters. The first-order valence-corrected chi connectivity index (χ1v) is 8.99. The summed E-state index contributed by atoms with van der Waals surface area (Å²) < 4.78 is 2.12. The lowest BCUT2D eigenvalue weighted by Crippen LogP contribution is -3.00. The molecular formula is C24H29ClN2O. The third kappa shape index (κ3) is 5.69. The van der Waals surface area contributed by atoms with Gasteiger partial charge in [0, 0.05) is 39.0 Å². The molecular weight excluding hydrogens is 368 g/mol. The van der Waals surface area contributed by atoms with Gasteiger partial charge in [-0.1, -0.05) is 42.5 Å². The number of anilines is 1. The average molecular weight is 397 g/mol. The van der Waals surface area contributed by atoms with Gasteiger partial charge in [0.05, 0.1) is 0 Å². The summed E-state index contributed by atoms with van der Waals surface area (Å²) in [6.07, 6.45) is 8.76. The second-order valence-corrected chi connectivity index (χ2v) is 6.62. The summed E-state index contributed by atoms with van der Waals surface area (Å²) in [5, 5.41) is 7.00. The van der Waals surface area contributed by atoms with E-state index in [1.807, 2.05) is 0 Å². The number of hydrogen-bond donors (Lipinski definition) is 1. The van der Waals surface area contributed by atoms with Crippen molar-refractivity contribution in [3.05, 3.63) is 95.6 Å². The molecule has 0 fully saturated rings. The maximum atomic E-state index is 7.00. The van der Waals surface area contributed by atoms with Gasteiger partial charge in [-0.25, -0.2) is 4.58 Å². The molecule has 0 unspecified atom stereocenters. The lowest BCUT2D eigenvalue weighted by molar-refractivity contribution is -0.462. The number of rotatable bonds is 3. The highest BCUT2D eigenvalue weighted by Gasteiger charge is 2.13. The Hall–Kier alpha value is -2.62. The van der Waals surface area contributed by atoms with E-state index in [9.17, 15) is 0 Å². The Balaban J connectivity index is 0.00000127. The van der Waals surface area contributed by atoms with E-state index >= 15 is 0 Å². The van der Waals surface area contributed by atoms with E-state index in [0.29, 0.717) is 0 Å². The van der Waals surface area contributed by atoms with E-state index in [1.54, 1.807) is 0 Å². The monoisotopic (exact) mass is 396 g/mol. The van der Waals surface area contributed by atoms with Crippen LogP contribution in [0.1, 0.15) is 11.1 Å². The van der Waals surface area contributed by atoms with Crippen molar-refractivity contribution in [3.8, 4) is 0 Å². The van der Waals surface area contributed by atoms with Crippen molar-refractivity contribution in [2.45, 2.75) is 0 Å². The van der Waals surface area contributed by atoms with Gasteiger partial charge < -0.3 is 22.4 Å². The van der Waals surface area contributed by atoms with Crippen LogP contribution < -0.4 is 17.3 Å². The third-order valence-corrected chi connectivity index (χ3v) is 4.41. The molecule has 0 saturated carbocycles. The Morgan fingerprint density at radius 3 is 1.71 bits per heavy atom. The first kappa shape index (κ1) is 23.4. The standard InChI is InChI=1S/C23H25N2.CH4O.ClH/c1-24(2)21-14-10-19(11-15-21)23(18-8-6-5-7-9-18)20-12-16-22(17-13-20)25(3)4;1-2;/h5-17H,1-4H3;2H,1H3;1H/q+1;;/p-1. The molecule has 3 nitrogen and oxygen atoms in total. The van der Waals surface area contributed by atoms with E-state index in [-0.39, 0.29) is 12.4 Å². The van der Waals surface area contributed by atoms with Crippen molar-refractivity contribution < 1.29 is 22.1 Å². The third-order valence-electron chi connectivity index (χ3n) is 4.41. The summed E-state index contributed by atoms with van der Waals surface area (Å²) in [5.74, 6) is 0. The molecule has 0 heterocycles. The fourth-order valence-electron chi connectivity index (χ4n) is 2.96. The number of halogens is 1. The molecule has 3 rings (SSSR count). The molecule has 2 aromatic carbocycles. The van der Waals surface area contributed by atoms with Crippen LogP contribution in [0.25, 0.3) is 5.57 Å². The Bertz CT molecular complexity index is 855. The second kappa shape index (κ2) is 11.3. The van der Waals surface area contributed by atoms with Gasteiger partial charge in [0.25, 0.3) is 0 Å². The number of aliphatic hydroxyl groups is 1. The number of aliphatic hydroxyl groups excluding tert-OH is 1. The van der Waals surface area contributed by atoms with Crippen molar-refractivity contribution in [2.24, 2.45) is 0 Å². The minimum absolute atomic E-state index is 0. The zero-order chi connectivity index (χ0) is 19.8. The molecule has 1 aliphatic carbocycles. The number of allylic oxidation sites excluding steroid dienone is 5. The SMILES string of the molecule is CN(C)c1ccc(C(=C2C=CC(=[N+](C)C)C=C2)c2ccccc2)cc1.CO.[Cl-]. The molecule has 0 spiro atoms. The molecule has 0 aromatic heterocycles. The predicted octanol–water partition coefficient (Wildman–Crippen LogP) is 1.01. The van der Waals surface area contributed by atoms with Crippen LogP contribution in [0, 0.1) is 0 Å². The van der Waals surface area contributed by atoms with E-state index < -0.39 is 0 Å². The zero-order valence-corrected chi connectivity index (χ0v) is 18.0. The molecule has 148 valence electrons.